The van der Waals surface area contributed by atoms with Gasteiger partial charge in [0.1, 0.15) is 5.82 Å². The van der Waals surface area contributed by atoms with Gasteiger partial charge < -0.3 is 9.64 Å². The summed E-state index contributed by atoms with van der Waals surface area (Å²) < 4.78 is 31.0. The van der Waals surface area contributed by atoms with Crippen LogP contribution >= 0.6 is 0 Å². The van der Waals surface area contributed by atoms with Crippen molar-refractivity contribution >= 4 is 17.5 Å². The molecule has 1 N–H and O–H groups in total. The van der Waals surface area contributed by atoms with Gasteiger partial charge >= 0.3 is 0 Å². The number of rotatable bonds is 6. The molecule has 0 aromatic heterocycles. The molecule has 0 bridgehead atoms. The van der Waals surface area contributed by atoms with Crippen LogP contribution in [0.4, 0.5) is 14.5 Å². The van der Waals surface area contributed by atoms with E-state index in [-0.39, 0.29) is 37.2 Å². The molecular formula is C18H20F2N2O2. The molecule has 1 saturated carbocycles. The number of halogens is 2. The number of hydrogen-bond donors (Lipinski definition) is 1. The summed E-state index contributed by atoms with van der Waals surface area (Å²) in [4.78, 5) is 14.3. The molecule has 1 aromatic rings. The lowest BCUT2D eigenvalue weighted by Crippen LogP contribution is -2.35. The largest absolute Gasteiger partial charge is 0.478 e. The van der Waals surface area contributed by atoms with E-state index in [9.17, 15) is 13.6 Å². The van der Waals surface area contributed by atoms with E-state index >= 15 is 0 Å². The number of allylic oxidation sites excluding steroid dienone is 1. The van der Waals surface area contributed by atoms with Crippen molar-refractivity contribution in [2.24, 2.45) is 0 Å². The smallest absolute Gasteiger partial charge is 0.238 e. The lowest BCUT2D eigenvalue weighted by atomic mass is 9.98. The van der Waals surface area contributed by atoms with Gasteiger partial charge in [-0.1, -0.05) is 12.1 Å². The highest BCUT2D eigenvalue weighted by Gasteiger charge is 2.59. The zero-order valence-electron chi connectivity index (χ0n) is 13.6. The molecule has 1 aromatic carbocycles. The van der Waals surface area contributed by atoms with E-state index < -0.39 is 12.1 Å². The van der Waals surface area contributed by atoms with Crippen molar-refractivity contribution in [3.8, 4) is 0 Å². The second-order valence-electron chi connectivity index (χ2n) is 6.17. The number of nitrogens with one attached hydrogen (secondary N) is 1. The van der Waals surface area contributed by atoms with Crippen molar-refractivity contribution in [2.75, 3.05) is 24.7 Å². The fourth-order valence-electron chi connectivity index (χ4n) is 3.17. The Labute approximate surface area is 139 Å². The molecule has 0 unspecified atom stereocenters. The number of nitrogens with zero attached hydrogens (tertiary/aromatic N) is 1. The first-order valence-corrected chi connectivity index (χ1v) is 8.08. The summed E-state index contributed by atoms with van der Waals surface area (Å²) in [5.41, 5.74) is 1.47. The van der Waals surface area contributed by atoms with Crippen LogP contribution in [0.15, 0.2) is 29.8 Å². The Kier molecular flexibility index (Phi) is 4.39. The normalized spacial score (nSPS) is 18.0. The Morgan fingerprint density at radius 1 is 1.46 bits per heavy atom. The average Bonchev–Trinajstić information content (AvgIpc) is 3.33. The summed E-state index contributed by atoms with van der Waals surface area (Å²) in [6.45, 7) is 1.53. The van der Waals surface area contributed by atoms with Crippen LogP contribution in [0.5, 0.6) is 0 Å². The van der Waals surface area contributed by atoms with E-state index in [1.54, 1.807) is 19.1 Å². The average molecular weight is 334 g/mol. The summed E-state index contributed by atoms with van der Waals surface area (Å²) in [5.74, 6) is -0.506. The van der Waals surface area contributed by atoms with E-state index in [0.717, 1.165) is 18.4 Å². The van der Waals surface area contributed by atoms with Crippen LogP contribution in [0.2, 0.25) is 0 Å². The van der Waals surface area contributed by atoms with E-state index in [2.05, 4.69) is 0 Å². The summed E-state index contributed by atoms with van der Waals surface area (Å²) in [7, 11) is 0. The fraction of sp³-hybridized carbons (Fsp3) is 0.444. The number of amides is 1. The molecule has 1 fully saturated rings. The molecule has 0 radical (unpaired) electrons. The highest BCUT2D eigenvalue weighted by atomic mass is 19.1. The second kappa shape index (κ2) is 6.34. The van der Waals surface area contributed by atoms with Crippen LogP contribution < -0.4 is 4.90 Å². The summed E-state index contributed by atoms with van der Waals surface area (Å²) >= 11 is 0. The predicted molar refractivity (Wildman–Crippen MR) is 87.7 cm³/mol. The van der Waals surface area contributed by atoms with Gasteiger partial charge in [0.05, 0.1) is 30.9 Å². The number of hydrogen-bond acceptors (Lipinski definition) is 3. The molecule has 1 aliphatic heterocycles. The van der Waals surface area contributed by atoms with Crippen molar-refractivity contribution in [3.05, 3.63) is 41.2 Å². The molecule has 24 heavy (non-hydrogen) atoms. The first kappa shape index (κ1) is 16.6. The van der Waals surface area contributed by atoms with E-state index in [0.29, 0.717) is 11.3 Å². The number of alkyl halides is 1. The highest BCUT2D eigenvalue weighted by Crippen LogP contribution is 2.57. The second-order valence-corrected chi connectivity index (χ2v) is 6.17. The molecular weight excluding hydrogens is 314 g/mol. The van der Waals surface area contributed by atoms with Gasteiger partial charge in [-0.15, -0.1) is 0 Å². The predicted octanol–water partition coefficient (Wildman–Crippen LogP) is 3.50. The molecule has 6 heteroatoms. The Balaban J connectivity index is 1.81. The molecule has 3 rings (SSSR count). The van der Waals surface area contributed by atoms with Crippen molar-refractivity contribution in [3.63, 3.8) is 0 Å². The zero-order chi connectivity index (χ0) is 17.3. The summed E-state index contributed by atoms with van der Waals surface area (Å²) in [6, 6.07) is 4.45. The number of ether oxygens (including phenoxy) is 1. The van der Waals surface area contributed by atoms with E-state index in [1.807, 2.05) is 0 Å². The third kappa shape index (κ3) is 2.70. The monoisotopic (exact) mass is 334 g/mol. The van der Waals surface area contributed by atoms with E-state index in [1.165, 1.54) is 17.0 Å². The van der Waals surface area contributed by atoms with Crippen LogP contribution in [0.1, 0.15) is 31.7 Å². The number of carbonyl (C=O) groups is 1. The van der Waals surface area contributed by atoms with E-state index in [4.69, 9.17) is 10.1 Å². The third-order valence-electron chi connectivity index (χ3n) is 4.66. The van der Waals surface area contributed by atoms with Gasteiger partial charge in [0.15, 0.2) is 0 Å². The third-order valence-corrected chi connectivity index (χ3v) is 4.66. The topological polar surface area (TPSA) is 53.4 Å². The number of anilines is 1. The summed E-state index contributed by atoms with van der Waals surface area (Å²) in [5, 5.41) is 7.97. The fourth-order valence-corrected chi connectivity index (χ4v) is 3.17. The van der Waals surface area contributed by atoms with Gasteiger partial charge in [-0.2, -0.15) is 0 Å². The van der Waals surface area contributed by atoms with Crippen LogP contribution in [0, 0.1) is 11.2 Å². The van der Waals surface area contributed by atoms with Crippen molar-refractivity contribution in [1.82, 2.24) is 0 Å². The quantitative estimate of drug-likeness (QED) is 0.492. The molecule has 0 saturated heterocycles. The zero-order valence-corrected chi connectivity index (χ0v) is 13.6. The van der Waals surface area contributed by atoms with Crippen LogP contribution in [0.3, 0.4) is 0 Å². The lowest BCUT2D eigenvalue weighted by Gasteiger charge is -2.20. The van der Waals surface area contributed by atoms with Gasteiger partial charge in [-0.25, -0.2) is 4.39 Å². The Hall–Kier alpha value is -2.24. The van der Waals surface area contributed by atoms with Crippen molar-refractivity contribution in [1.29, 1.82) is 5.41 Å². The maximum absolute atomic E-state index is 13.7. The molecule has 128 valence electrons. The molecule has 4 nitrogen and oxygen atoms in total. The van der Waals surface area contributed by atoms with Crippen LogP contribution in [-0.4, -0.2) is 31.6 Å². The highest BCUT2D eigenvalue weighted by molar-refractivity contribution is 6.11. The molecule has 0 atom stereocenters. The van der Waals surface area contributed by atoms with Crippen molar-refractivity contribution in [2.45, 2.75) is 31.6 Å². The standard InChI is InChI=1S/C18H20F2N2O2/c1-2-12(16(21)24-9-3-8-19)11-22-15-10-13(20)4-5-14(15)18(6-7-18)17(22)23/h2,4-5,10,21H,3,6-9,11H2,1H3/b12-2-,21-16?. The number of fused-ring (bicyclic) bond motifs is 2. The SMILES string of the molecule is C/C=C(/CN1C(=O)C2(CC2)c2ccc(F)cc21)C(=N)OCCCF. The Morgan fingerprint density at radius 2 is 2.21 bits per heavy atom. The van der Waals surface area contributed by atoms with Crippen LogP contribution in [0.25, 0.3) is 0 Å². The molecule has 1 heterocycles. The molecule has 1 spiro atoms. The molecule has 1 aliphatic carbocycles. The van der Waals surface area contributed by atoms with Gasteiger partial charge in [0.25, 0.3) is 0 Å². The van der Waals surface area contributed by atoms with Crippen molar-refractivity contribution < 1.29 is 18.3 Å². The first-order chi connectivity index (χ1) is 11.5. The Morgan fingerprint density at radius 3 is 2.83 bits per heavy atom. The minimum atomic E-state index is -0.502. The minimum absolute atomic E-state index is 0.0426. The number of carbonyl (C=O) groups excluding carboxylic acids is 1. The minimum Gasteiger partial charge on any atom is -0.478 e. The molecule has 2 aliphatic rings. The summed E-state index contributed by atoms with van der Waals surface area (Å²) in [6.07, 6.45) is 3.47. The molecule has 1 amide bonds. The first-order valence-electron chi connectivity index (χ1n) is 8.08. The van der Waals surface area contributed by atoms with Gasteiger partial charge in [-0.05, 0) is 37.5 Å². The van der Waals surface area contributed by atoms with Gasteiger partial charge in [0, 0.05) is 12.0 Å². The number of benzene rings is 1. The van der Waals surface area contributed by atoms with Crippen LogP contribution in [-0.2, 0) is 14.9 Å². The maximum atomic E-state index is 13.7. The maximum Gasteiger partial charge on any atom is 0.238 e. The Bertz CT molecular complexity index is 711. The van der Waals surface area contributed by atoms with Gasteiger partial charge in [0.2, 0.25) is 11.8 Å². The van der Waals surface area contributed by atoms with Gasteiger partial charge in [-0.3, -0.25) is 14.6 Å². The lowest BCUT2D eigenvalue weighted by molar-refractivity contribution is -0.120.